The highest BCUT2D eigenvalue weighted by Gasteiger charge is 2.24. The summed E-state index contributed by atoms with van der Waals surface area (Å²) in [4.78, 5) is 24.5. The molecule has 0 fully saturated rings. The van der Waals surface area contributed by atoms with Crippen LogP contribution in [0, 0.1) is 0 Å². The molecule has 0 bridgehead atoms. The van der Waals surface area contributed by atoms with Crippen LogP contribution in [0.15, 0.2) is 30.3 Å². The van der Waals surface area contributed by atoms with Gasteiger partial charge in [-0.15, -0.1) is 0 Å². The van der Waals surface area contributed by atoms with Crippen LogP contribution in [0.1, 0.15) is 46.5 Å². The SMILES string of the molecule is CC(C)(C)OC(=O)N[C@@H](CCCCCBr)C(=O)Nc1ccccc1. The number of para-hydroxylation sites is 1. The number of rotatable bonds is 8. The molecule has 134 valence electrons. The fourth-order valence-electron chi connectivity index (χ4n) is 2.09. The highest BCUT2D eigenvalue weighted by Crippen LogP contribution is 2.12. The first-order valence-corrected chi connectivity index (χ1v) is 9.35. The van der Waals surface area contributed by atoms with Crippen LogP contribution in [-0.4, -0.2) is 29.0 Å². The minimum atomic E-state index is -0.615. The zero-order valence-corrected chi connectivity index (χ0v) is 16.2. The predicted molar refractivity (Wildman–Crippen MR) is 100 cm³/mol. The van der Waals surface area contributed by atoms with Crippen molar-refractivity contribution in [2.45, 2.75) is 58.1 Å². The van der Waals surface area contributed by atoms with Gasteiger partial charge in [0.15, 0.2) is 0 Å². The molecule has 24 heavy (non-hydrogen) atoms. The van der Waals surface area contributed by atoms with Crippen LogP contribution in [0.5, 0.6) is 0 Å². The maximum absolute atomic E-state index is 12.5. The van der Waals surface area contributed by atoms with Gasteiger partial charge < -0.3 is 15.4 Å². The molecule has 2 amide bonds. The van der Waals surface area contributed by atoms with E-state index < -0.39 is 17.7 Å². The van der Waals surface area contributed by atoms with Crippen molar-refractivity contribution in [3.05, 3.63) is 30.3 Å². The van der Waals surface area contributed by atoms with Crippen LogP contribution in [0.2, 0.25) is 0 Å². The molecule has 1 atom stereocenters. The number of nitrogens with one attached hydrogen (secondary N) is 2. The van der Waals surface area contributed by atoms with Crippen LogP contribution < -0.4 is 10.6 Å². The van der Waals surface area contributed by atoms with Gasteiger partial charge >= 0.3 is 6.09 Å². The number of alkyl carbamates (subject to hydrolysis) is 1. The Labute approximate surface area is 152 Å². The Hall–Kier alpha value is -1.56. The van der Waals surface area contributed by atoms with Crippen molar-refractivity contribution in [1.82, 2.24) is 5.32 Å². The van der Waals surface area contributed by atoms with Crippen molar-refractivity contribution >= 4 is 33.6 Å². The maximum atomic E-state index is 12.5. The van der Waals surface area contributed by atoms with Gasteiger partial charge in [0.2, 0.25) is 5.91 Å². The molecule has 0 heterocycles. The van der Waals surface area contributed by atoms with Crippen LogP contribution in [0.25, 0.3) is 0 Å². The standard InChI is InChI=1S/C18H27BrN2O3/c1-18(2,3)24-17(23)21-15(12-8-5-9-13-19)16(22)20-14-10-6-4-7-11-14/h4,6-7,10-11,15H,5,8-9,12-13H2,1-3H3,(H,20,22)(H,21,23)/t15-/m0/s1. The smallest absolute Gasteiger partial charge is 0.408 e. The Morgan fingerprint density at radius 3 is 2.38 bits per heavy atom. The number of alkyl halides is 1. The normalized spacial score (nSPS) is 12.3. The summed E-state index contributed by atoms with van der Waals surface area (Å²) in [6, 6.07) is 8.59. The van der Waals surface area contributed by atoms with E-state index in [1.807, 2.05) is 30.3 Å². The number of ether oxygens (including phenoxy) is 1. The third-order valence-electron chi connectivity index (χ3n) is 3.18. The number of hydrogen-bond donors (Lipinski definition) is 2. The van der Waals surface area contributed by atoms with Gasteiger partial charge in [0.1, 0.15) is 11.6 Å². The largest absolute Gasteiger partial charge is 0.444 e. The Morgan fingerprint density at radius 2 is 1.79 bits per heavy atom. The summed E-state index contributed by atoms with van der Waals surface area (Å²) in [5.41, 5.74) is 0.111. The van der Waals surface area contributed by atoms with Gasteiger partial charge in [-0.1, -0.05) is 47.0 Å². The van der Waals surface area contributed by atoms with Gasteiger partial charge in [-0.2, -0.15) is 0 Å². The van der Waals surface area contributed by atoms with Crippen molar-refractivity contribution in [2.24, 2.45) is 0 Å². The molecule has 0 aliphatic carbocycles. The van der Waals surface area contributed by atoms with Crippen molar-refractivity contribution in [1.29, 1.82) is 0 Å². The quantitative estimate of drug-likeness (QED) is 0.501. The van der Waals surface area contributed by atoms with Crippen LogP contribution >= 0.6 is 15.9 Å². The van der Waals surface area contributed by atoms with Crippen LogP contribution in [0.3, 0.4) is 0 Å². The highest BCUT2D eigenvalue weighted by atomic mass is 79.9. The van der Waals surface area contributed by atoms with Gasteiger partial charge in [-0.25, -0.2) is 4.79 Å². The number of amides is 2. The van der Waals surface area contributed by atoms with Crippen molar-refractivity contribution in [3.63, 3.8) is 0 Å². The summed E-state index contributed by atoms with van der Waals surface area (Å²) in [6.45, 7) is 5.38. The van der Waals surface area contributed by atoms with Crippen molar-refractivity contribution in [3.8, 4) is 0 Å². The monoisotopic (exact) mass is 398 g/mol. The molecule has 0 aliphatic rings. The molecule has 0 unspecified atom stereocenters. The van der Waals surface area contributed by atoms with Crippen molar-refractivity contribution in [2.75, 3.05) is 10.6 Å². The number of anilines is 1. The number of hydrogen-bond acceptors (Lipinski definition) is 3. The van der Waals surface area contributed by atoms with Gasteiger partial charge in [0, 0.05) is 11.0 Å². The Balaban J connectivity index is 2.65. The van der Waals surface area contributed by atoms with E-state index in [2.05, 4.69) is 26.6 Å². The molecule has 1 aromatic rings. The second-order valence-corrected chi connectivity index (χ2v) is 7.39. The van der Waals surface area contributed by atoms with Crippen LogP contribution in [0.4, 0.5) is 10.5 Å². The summed E-state index contributed by atoms with van der Waals surface area (Å²) in [5.74, 6) is -0.231. The average Bonchev–Trinajstić information content (AvgIpc) is 2.49. The second kappa shape index (κ2) is 10.3. The van der Waals surface area contributed by atoms with Crippen LogP contribution in [-0.2, 0) is 9.53 Å². The number of benzene rings is 1. The molecule has 6 heteroatoms. The molecule has 0 radical (unpaired) electrons. The lowest BCUT2D eigenvalue weighted by Gasteiger charge is -2.23. The number of carbonyl (C=O) groups excluding carboxylic acids is 2. The molecule has 0 aliphatic heterocycles. The summed E-state index contributed by atoms with van der Waals surface area (Å²) in [6.07, 6.45) is 2.89. The fraction of sp³-hybridized carbons (Fsp3) is 0.556. The average molecular weight is 399 g/mol. The second-order valence-electron chi connectivity index (χ2n) is 6.59. The molecule has 0 saturated heterocycles. The molecular weight excluding hydrogens is 372 g/mol. The molecule has 2 N–H and O–H groups in total. The molecule has 0 saturated carbocycles. The summed E-state index contributed by atoms with van der Waals surface area (Å²) >= 11 is 3.39. The Kier molecular flexibility index (Phi) is 8.82. The van der Waals surface area contributed by atoms with E-state index >= 15 is 0 Å². The van der Waals surface area contributed by atoms with Gasteiger partial charge in [0.25, 0.3) is 0 Å². The summed E-state index contributed by atoms with van der Waals surface area (Å²) in [5, 5.41) is 6.46. The van der Waals surface area contributed by atoms with E-state index in [9.17, 15) is 9.59 Å². The third-order valence-corrected chi connectivity index (χ3v) is 3.74. The van der Waals surface area contributed by atoms with Crippen molar-refractivity contribution < 1.29 is 14.3 Å². The lowest BCUT2D eigenvalue weighted by atomic mass is 10.1. The van der Waals surface area contributed by atoms with E-state index in [-0.39, 0.29) is 5.91 Å². The van der Waals surface area contributed by atoms with E-state index in [1.54, 1.807) is 20.8 Å². The molecule has 1 aromatic carbocycles. The molecule has 5 nitrogen and oxygen atoms in total. The number of carbonyl (C=O) groups is 2. The highest BCUT2D eigenvalue weighted by molar-refractivity contribution is 9.09. The minimum absolute atomic E-state index is 0.231. The number of unbranched alkanes of at least 4 members (excludes halogenated alkanes) is 2. The minimum Gasteiger partial charge on any atom is -0.444 e. The molecular formula is C18H27BrN2O3. The van der Waals surface area contributed by atoms with E-state index in [4.69, 9.17) is 4.74 Å². The topological polar surface area (TPSA) is 67.4 Å². The zero-order chi connectivity index (χ0) is 18.0. The first-order chi connectivity index (χ1) is 11.3. The molecule has 0 spiro atoms. The zero-order valence-electron chi connectivity index (χ0n) is 14.6. The fourth-order valence-corrected chi connectivity index (χ4v) is 2.49. The summed E-state index contributed by atoms with van der Waals surface area (Å²) in [7, 11) is 0. The molecule has 0 aromatic heterocycles. The van der Waals surface area contributed by atoms with E-state index in [1.165, 1.54) is 0 Å². The van der Waals surface area contributed by atoms with Gasteiger partial charge in [-0.05, 0) is 45.7 Å². The van der Waals surface area contributed by atoms with E-state index in [0.717, 1.165) is 24.6 Å². The Morgan fingerprint density at radius 1 is 1.12 bits per heavy atom. The first-order valence-electron chi connectivity index (χ1n) is 8.23. The number of halogens is 1. The maximum Gasteiger partial charge on any atom is 0.408 e. The van der Waals surface area contributed by atoms with E-state index in [0.29, 0.717) is 12.1 Å². The third kappa shape index (κ3) is 8.91. The lowest BCUT2D eigenvalue weighted by Crippen LogP contribution is -2.45. The first kappa shape index (κ1) is 20.5. The lowest BCUT2D eigenvalue weighted by molar-refractivity contribution is -0.118. The summed E-state index contributed by atoms with van der Waals surface area (Å²) < 4.78 is 5.26. The molecule has 1 rings (SSSR count). The van der Waals surface area contributed by atoms with Gasteiger partial charge in [0.05, 0.1) is 0 Å². The Bertz CT molecular complexity index is 515. The predicted octanol–water partition coefficient (Wildman–Crippen LogP) is 4.47. The van der Waals surface area contributed by atoms with Gasteiger partial charge in [-0.3, -0.25) is 4.79 Å².